The number of anilines is 1. The molecule has 29 heavy (non-hydrogen) atoms. The third-order valence-electron chi connectivity index (χ3n) is 4.78. The van der Waals surface area contributed by atoms with E-state index in [9.17, 15) is 18.0 Å². The number of hydrogen-bond donors (Lipinski definition) is 1. The first kappa shape index (κ1) is 20.9. The summed E-state index contributed by atoms with van der Waals surface area (Å²) in [6, 6.07) is 8.88. The zero-order chi connectivity index (χ0) is 20.9. The molecule has 156 valence electrons. The van der Waals surface area contributed by atoms with Crippen LogP contribution in [0.25, 0.3) is 0 Å². The fraction of sp³-hybridized carbons (Fsp3) is 0.400. The van der Waals surface area contributed by atoms with Gasteiger partial charge in [0, 0.05) is 50.3 Å². The number of likely N-dealkylation sites (N-methyl/N-ethyl adjacent to an activating group) is 1. The van der Waals surface area contributed by atoms with E-state index in [0.717, 1.165) is 26.1 Å². The van der Waals surface area contributed by atoms with Crippen LogP contribution >= 0.6 is 0 Å². The molecule has 2 aromatic rings. The summed E-state index contributed by atoms with van der Waals surface area (Å²) in [6.45, 7) is 4.90. The van der Waals surface area contributed by atoms with Gasteiger partial charge in [-0.15, -0.1) is 13.2 Å². The number of likely N-dealkylation sites (tertiary alicyclic amines) is 1. The quantitative estimate of drug-likeness (QED) is 0.782. The highest BCUT2D eigenvalue weighted by Crippen LogP contribution is 2.24. The number of amides is 2. The SMILES string of the molecule is CCN(C(=O)Nc1ccc(OC(F)(F)F)cc1)C1CCN(Cc2ccncc2)C1. The Balaban J connectivity index is 1.55. The van der Waals surface area contributed by atoms with E-state index >= 15 is 0 Å². The van der Waals surface area contributed by atoms with E-state index in [-0.39, 0.29) is 17.8 Å². The maximum Gasteiger partial charge on any atom is 0.573 e. The standard InChI is InChI=1S/C20H23F3N4O2/c1-2-27(17-9-12-26(14-17)13-15-7-10-24-11-8-15)19(28)25-16-3-5-18(6-4-16)29-20(21,22)23/h3-8,10-11,17H,2,9,12-14H2,1H3,(H,25,28). The van der Waals surface area contributed by atoms with Crippen LogP contribution < -0.4 is 10.1 Å². The Kier molecular flexibility index (Phi) is 6.58. The number of alkyl halides is 3. The molecule has 0 spiro atoms. The number of nitrogens with zero attached hydrogens (tertiary/aromatic N) is 3. The molecule has 1 atom stereocenters. The summed E-state index contributed by atoms with van der Waals surface area (Å²) in [6.07, 6.45) is -0.349. The molecule has 0 saturated carbocycles. The van der Waals surface area contributed by atoms with Gasteiger partial charge in [-0.2, -0.15) is 0 Å². The topological polar surface area (TPSA) is 57.7 Å². The van der Waals surface area contributed by atoms with Crippen molar-refractivity contribution in [2.24, 2.45) is 0 Å². The zero-order valence-corrected chi connectivity index (χ0v) is 16.0. The Morgan fingerprint density at radius 2 is 1.93 bits per heavy atom. The molecule has 0 bridgehead atoms. The predicted molar refractivity (Wildman–Crippen MR) is 102 cm³/mol. The van der Waals surface area contributed by atoms with Crippen LogP contribution in [0.5, 0.6) is 5.75 Å². The maximum atomic E-state index is 12.7. The largest absolute Gasteiger partial charge is 0.573 e. The number of carbonyl (C=O) groups is 1. The number of halogens is 3. The van der Waals surface area contributed by atoms with E-state index in [4.69, 9.17) is 0 Å². The van der Waals surface area contributed by atoms with E-state index in [0.29, 0.717) is 12.2 Å². The van der Waals surface area contributed by atoms with Crippen molar-refractivity contribution >= 4 is 11.7 Å². The lowest BCUT2D eigenvalue weighted by Gasteiger charge is -2.28. The molecule has 2 amide bonds. The normalized spacial score (nSPS) is 17.2. The van der Waals surface area contributed by atoms with Crippen LogP contribution in [0.2, 0.25) is 0 Å². The van der Waals surface area contributed by atoms with E-state index < -0.39 is 6.36 Å². The minimum Gasteiger partial charge on any atom is -0.406 e. The summed E-state index contributed by atoms with van der Waals surface area (Å²) < 4.78 is 40.6. The Morgan fingerprint density at radius 1 is 1.24 bits per heavy atom. The second kappa shape index (κ2) is 9.13. The number of hydrogen-bond acceptors (Lipinski definition) is 4. The Hall–Kier alpha value is -2.81. The van der Waals surface area contributed by atoms with Gasteiger partial charge in [-0.25, -0.2) is 4.79 Å². The molecule has 0 radical (unpaired) electrons. The Bertz CT molecular complexity index is 800. The summed E-state index contributed by atoms with van der Waals surface area (Å²) in [7, 11) is 0. The molecule has 1 aliphatic heterocycles. The van der Waals surface area contributed by atoms with Gasteiger partial charge in [0.15, 0.2) is 0 Å². The van der Waals surface area contributed by atoms with Crippen LogP contribution in [-0.4, -0.2) is 52.9 Å². The summed E-state index contributed by atoms with van der Waals surface area (Å²) in [5.74, 6) is -0.328. The van der Waals surface area contributed by atoms with Gasteiger partial charge in [0.05, 0.1) is 0 Å². The molecule has 1 aliphatic rings. The number of benzene rings is 1. The van der Waals surface area contributed by atoms with Gasteiger partial charge >= 0.3 is 12.4 Å². The number of rotatable bonds is 6. The van der Waals surface area contributed by atoms with Crippen molar-refractivity contribution < 1.29 is 22.7 Å². The van der Waals surface area contributed by atoms with Gasteiger partial charge in [-0.05, 0) is 55.3 Å². The highest BCUT2D eigenvalue weighted by Gasteiger charge is 2.31. The summed E-state index contributed by atoms with van der Waals surface area (Å²) in [5, 5.41) is 2.75. The summed E-state index contributed by atoms with van der Waals surface area (Å²) in [4.78, 5) is 20.8. The first-order valence-electron chi connectivity index (χ1n) is 9.38. The fourth-order valence-electron chi connectivity index (χ4n) is 3.46. The lowest BCUT2D eigenvalue weighted by molar-refractivity contribution is -0.274. The van der Waals surface area contributed by atoms with Gasteiger partial charge in [-0.1, -0.05) is 0 Å². The maximum absolute atomic E-state index is 12.7. The number of nitrogens with one attached hydrogen (secondary N) is 1. The van der Waals surface area contributed by atoms with Gasteiger partial charge in [-0.3, -0.25) is 9.88 Å². The van der Waals surface area contributed by atoms with Gasteiger partial charge < -0.3 is 15.0 Å². The van der Waals surface area contributed by atoms with Crippen molar-refractivity contribution in [1.29, 1.82) is 0 Å². The average molecular weight is 408 g/mol. The highest BCUT2D eigenvalue weighted by molar-refractivity contribution is 5.89. The van der Waals surface area contributed by atoms with Gasteiger partial charge in [0.1, 0.15) is 5.75 Å². The molecule has 1 unspecified atom stereocenters. The lowest BCUT2D eigenvalue weighted by atomic mass is 10.2. The van der Waals surface area contributed by atoms with Crippen LogP contribution in [0.4, 0.5) is 23.7 Å². The van der Waals surface area contributed by atoms with Crippen molar-refractivity contribution in [3.05, 3.63) is 54.4 Å². The number of ether oxygens (including phenoxy) is 1. The van der Waals surface area contributed by atoms with Crippen LogP contribution in [0.1, 0.15) is 18.9 Å². The van der Waals surface area contributed by atoms with E-state index in [1.165, 1.54) is 29.8 Å². The number of urea groups is 1. The third-order valence-corrected chi connectivity index (χ3v) is 4.78. The molecule has 1 N–H and O–H groups in total. The summed E-state index contributed by atoms with van der Waals surface area (Å²) >= 11 is 0. The smallest absolute Gasteiger partial charge is 0.406 e. The van der Waals surface area contributed by atoms with Crippen molar-refractivity contribution in [2.45, 2.75) is 32.3 Å². The zero-order valence-electron chi connectivity index (χ0n) is 16.0. The molecule has 1 saturated heterocycles. The average Bonchev–Trinajstić information content (AvgIpc) is 3.11. The van der Waals surface area contributed by atoms with Crippen molar-refractivity contribution in [2.75, 3.05) is 25.0 Å². The van der Waals surface area contributed by atoms with Crippen LogP contribution in [0.15, 0.2) is 48.8 Å². The molecule has 3 rings (SSSR count). The molecule has 6 nitrogen and oxygen atoms in total. The minimum absolute atomic E-state index is 0.0784. The molecule has 9 heteroatoms. The lowest BCUT2D eigenvalue weighted by Crippen LogP contribution is -2.44. The molecule has 0 aliphatic carbocycles. The van der Waals surface area contributed by atoms with Crippen molar-refractivity contribution in [3.63, 3.8) is 0 Å². The second-order valence-corrected chi connectivity index (χ2v) is 6.82. The number of pyridine rings is 1. The second-order valence-electron chi connectivity index (χ2n) is 6.82. The van der Waals surface area contributed by atoms with E-state index in [1.54, 1.807) is 17.3 Å². The first-order chi connectivity index (χ1) is 13.8. The number of carbonyl (C=O) groups excluding carboxylic acids is 1. The monoisotopic (exact) mass is 408 g/mol. The highest BCUT2D eigenvalue weighted by atomic mass is 19.4. The van der Waals surface area contributed by atoms with Crippen LogP contribution in [-0.2, 0) is 6.54 Å². The van der Waals surface area contributed by atoms with Gasteiger partial charge in [0.2, 0.25) is 0 Å². The van der Waals surface area contributed by atoms with E-state index in [2.05, 4.69) is 19.9 Å². The molecule has 1 fully saturated rings. The van der Waals surface area contributed by atoms with Crippen molar-refractivity contribution in [3.8, 4) is 5.75 Å². The Labute approximate surface area is 167 Å². The van der Waals surface area contributed by atoms with Crippen LogP contribution in [0, 0.1) is 0 Å². The number of aromatic nitrogens is 1. The molecular formula is C20H23F3N4O2. The molecule has 1 aromatic heterocycles. The molecule has 2 heterocycles. The third kappa shape index (κ3) is 6.08. The Morgan fingerprint density at radius 3 is 2.55 bits per heavy atom. The fourth-order valence-corrected chi connectivity index (χ4v) is 3.46. The first-order valence-corrected chi connectivity index (χ1v) is 9.38. The molecule has 1 aromatic carbocycles. The van der Waals surface area contributed by atoms with E-state index in [1.807, 2.05) is 19.1 Å². The van der Waals surface area contributed by atoms with Gasteiger partial charge in [0.25, 0.3) is 0 Å². The minimum atomic E-state index is -4.74. The van der Waals surface area contributed by atoms with Crippen molar-refractivity contribution in [1.82, 2.24) is 14.8 Å². The predicted octanol–water partition coefficient (Wildman–Crippen LogP) is 4.11. The summed E-state index contributed by atoms with van der Waals surface area (Å²) in [5.41, 5.74) is 1.59. The van der Waals surface area contributed by atoms with Crippen LogP contribution in [0.3, 0.4) is 0 Å². The molecular weight excluding hydrogens is 385 g/mol.